The lowest BCUT2D eigenvalue weighted by molar-refractivity contribution is -0.161. The average Bonchev–Trinajstić information content (AvgIpc) is 3.13. The molecule has 3 fully saturated rings. The van der Waals surface area contributed by atoms with E-state index in [2.05, 4.69) is 20.8 Å². The van der Waals surface area contributed by atoms with Crippen LogP contribution in [0.3, 0.4) is 0 Å². The summed E-state index contributed by atoms with van der Waals surface area (Å²) in [6, 6.07) is 0. The van der Waals surface area contributed by atoms with Crippen LogP contribution in [0.5, 0.6) is 0 Å². The van der Waals surface area contributed by atoms with E-state index in [1.54, 1.807) is 6.08 Å². The van der Waals surface area contributed by atoms with Gasteiger partial charge in [0.1, 0.15) is 6.10 Å². The van der Waals surface area contributed by atoms with Crippen LogP contribution in [-0.2, 0) is 14.3 Å². The quantitative estimate of drug-likeness (QED) is 0.276. The molecule has 0 bridgehead atoms. The molecule has 0 unspecified atom stereocenters. The number of esters is 1. The summed E-state index contributed by atoms with van der Waals surface area (Å²) in [5, 5.41) is 11.0. The lowest BCUT2D eigenvalue weighted by atomic mass is 9.47. The molecule has 0 heterocycles. The number of ether oxygens (including phenoxy) is 1. The van der Waals surface area contributed by atoms with Crippen LogP contribution in [0, 0.1) is 28.6 Å². The number of unbranched alkanes of at least 4 members (excludes halogenated alkanes) is 7. The van der Waals surface area contributed by atoms with E-state index in [-0.39, 0.29) is 28.7 Å². The monoisotopic (exact) mass is 472 g/mol. The lowest BCUT2D eigenvalue weighted by Crippen LogP contribution is -2.54. The second-order valence-electron chi connectivity index (χ2n) is 12.4. The van der Waals surface area contributed by atoms with Gasteiger partial charge in [0.25, 0.3) is 0 Å². The molecule has 4 aliphatic carbocycles. The van der Waals surface area contributed by atoms with Crippen LogP contribution in [-0.4, -0.2) is 29.1 Å². The van der Waals surface area contributed by atoms with Crippen LogP contribution in [0.2, 0.25) is 0 Å². The fourth-order valence-corrected chi connectivity index (χ4v) is 8.37. The number of carbonyl (C=O) groups is 2. The zero-order chi connectivity index (χ0) is 24.3. The molecule has 0 aliphatic heterocycles. The van der Waals surface area contributed by atoms with Crippen molar-refractivity contribution in [3.05, 3.63) is 11.6 Å². The highest BCUT2D eigenvalue weighted by Gasteiger charge is 2.61. The van der Waals surface area contributed by atoms with Crippen molar-refractivity contribution in [1.82, 2.24) is 0 Å². The third-order valence-electron chi connectivity index (χ3n) is 10.4. The molecule has 0 aromatic carbocycles. The first-order chi connectivity index (χ1) is 16.3. The van der Waals surface area contributed by atoms with Crippen molar-refractivity contribution in [3.8, 4) is 0 Å². The number of carbonyl (C=O) groups excluding carboxylic acids is 2. The van der Waals surface area contributed by atoms with Gasteiger partial charge >= 0.3 is 5.97 Å². The Labute approximate surface area is 207 Å². The number of ketones is 1. The minimum Gasteiger partial charge on any atom is -0.462 e. The minimum absolute atomic E-state index is 0.00775. The smallest absolute Gasteiger partial charge is 0.306 e. The molecule has 4 heteroatoms. The Balaban J connectivity index is 1.30. The Kier molecular flexibility index (Phi) is 8.27. The highest BCUT2D eigenvalue weighted by atomic mass is 16.5. The fraction of sp³-hybridized carbons (Fsp3) is 0.867. The molecule has 0 aromatic rings. The van der Waals surface area contributed by atoms with Crippen molar-refractivity contribution in [2.24, 2.45) is 28.6 Å². The van der Waals surface area contributed by atoms with E-state index in [1.807, 2.05) is 0 Å². The molecular formula is C30H48O4. The first-order valence-electron chi connectivity index (χ1n) is 14.4. The number of aliphatic hydroxyl groups excluding tert-OH is 1. The molecule has 4 rings (SSSR count). The lowest BCUT2D eigenvalue weighted by Gasteiger charge is -2.58. The zero-order valence-electron chi connectivity index (χ0n) is 21.9. The van der Waals surface area contributed by atoms with E-state index in [4.69, 9.17) is 4.74 Å². The van der Waals surface area contributed by atoms with Crippen LogP contribution in [0.4, 0.5) is 0 Å². The summed E-state index contributed by atoms with van der Waals surface area (Å²) in [7, 11) is 0. The highest BCUT2D eigenvalue weighted by molar-refractivity contribution is 5.91. The number of aliphatic hydroxyl groups is 1. The van der Waals surface area contributed by atoms with Gasteiger partial charge in [0.2, 0.25) is 0 Å². The summed E-state index contributed by atoms with van der Waals surface area (Å²) >= 11 is 0. The van der Waals surface area contributed by atoms with E-state index >= 15 is 0 Å². The zero-order valence-corrected chi connectivity index (χ0v) is 21.9. The summed E-state index contributed by atoms with van der Waals surface area (Å²) in [5.41, 5.74) is 0.973. The third-order valence-corrected chi connectivity index (χ3v) is 10.4. The highest BCUT2D eigenvalue weighted by Crippen LogP contribution is 2.65. The molecule has 0 aromatic heterocycles. The van der Waals surface area contributed by atoms with E-state index in [0.717, 1.165) is 56.9 Å². The predicted octanol–water partition coefficient (Wildman–Crippen LogP) is 6.93. The molecule has 192 valence electrons. The van der Waals surface area contributed by atoms with E-state index < -0.39 is 6.10 Å². The third kappa shape index (κ3) is 5.04. The van der Waals surface area contributed by atoms with E-state index in [1.165, 1.54) is 38.5 Å². The van der Waals surface area contributed by atoms with Gasteiger partial charge < -0.3 is 9.84 Å². The number of fused-ring (bicyclic) bond motifs is 5. The molecule has 0 radical (unpaired) electrons. The van der Waals surface area contributed by atoms with E-state index in [9.17, 15) is 14.7 Å². The normalized spacial score (nSPS) is 39.1. The SMILES string of the molecule is CCCCCCCCCCC(=O)O[C@H]1CC[C@H]2[C@@H]3C[C@@H](O)C4=CC(=O)CC[C@]4(C)[C@H]3CC[C@]12C. The van der Waals surface area contributed by atoms with Gasteiger partial charge in [-0.05, 0) is 79.8 Å². The summed E-state index contributed by atoms with van der Waals surface area (Å²) in [5.74, 6) is 1.65. The Morgan fingerprint density at radius 1 is 1.00 bits per heavy atom. The summed E-state index contributed by atoms with van der Waals surface area (Å²) < 4.78 is 6.14. The Bertz CT molecular complexity index is 772. The van der Waals surface area contributed by atoms with Crippen molar-refractivity contribution in [2.45, 2.75) is 136 Å². The molecular weight excluding hydrogens is 424 g/mol. The molecule has 1 N–H and O–H groups in total. The Morgan fingerprint density at radius 2 is 1.71 bits per heavy atom. The van der Waals surface area contributed by atoms with Crippen LogP contribution in [0.15, 0.2) is 11.6 Å². The average molecular weight is 473 g/mol. The van der Waals surface area contributed by atoms with Crippen LogP contribution >= 0.6 is 0 Å². The summed E-state index contributed by atoms with van der Waals surface area (Å²) in [6.07, 6.45) is 18.2. The van der Waals surface area contributed by atoms with Gasteiger partial charge in [-0.15, -0.1) is 0 Å². The van der Waals surface area contributed by atoms with Crippen molar-refractivity contribution in [1.29, 1.82) is 0 Å². The maximum atomic E-state index is 12.7. The second kappa shape index (κ2) is 10.8. The fourth-order valence-electron chi connectivity index (χ4n) is 8.37. The standard InChI is InChI=1S/C30H48O4/c1-4-5-6-7-8-9-10-11-12-28(33)34-27-14-13-23-22-20-26(32)25-19-21(31)15-17-29(25,2)24(22)16-18-30(23,27)3/h19,22-24,26-27,32H,4-18,20H2,1-3H3/t22-,23-,24-,26+,27-,29+,30-/m0/s1. The minimum atomic E-state index is -0.499. The topological polar surface area (TPSA) is 63.6 Å². The van der Waals surface area contributed by atoms with Gasteiger partial charge in [-0.1, -0.05) is 65.7 Å². The van der Waals surface area contributed by atoms with Gasteiger partial charge in [0, 0.05) is 18.3 Å². The van der Waals surface area contributed by atoms with Gasteiger partial charge in [0.15, 0.2) is 5.78 Å². The van der Waals surface area contributed by atoms with Crippen molar-refractivity contribution < 1.29 is 19.4 Å². The predicted molar refractivity (Wildman–Crippen MR) is 135 cm³/mol. The molecule has 4 aliphatic rings. The Hall–Kier alpha value is -1.16. The molecule has 0 amide bonds. The number of hydrogen-bond donors (Lipinski definition) is 1. The number of rotatable bonds is 10. The Morgan fingerprint density at radius 3 is 2.44 bits per heavy atom. The maximum absolute atomic E-state index is 12.7. The van der Waals surface area contributed by atoms with Crippen LogP contribution in [0.25, 0.3) is 0 Å². The number of hydrogen-bond acceptors (Lipinski definition) is 4. The maximum Gasteiger partial charge on any atom is 0.306 e. The van der Waals surface area contributed by atoms with Crippen LogP contribution in [0.1, 0.15) is 124 Å². The molecule has 34 heavy (non-hydrogen) atoms. The van der Waals surface area contributed by atoms with E-state index in [0.29, 0.717) is 30.6 Å². The van der Waals surface area contributed by atoms with Crippen LogP contribution < -0.4 is 0 Å². The van der Waals surface area contributed by atoms with Gasteiger partial charge in [-0.2, -0.15) is 0 Å². The van der Waals surface area contributed by atoms with Crippen molar-refractivity contribution in [2.75, 3.05) is 0 Å². The molecule has 7 atom stereocenters. The van der Waals surface area contributed by atoms with Gasteiger partial charge in [-0.25, -0.2) is 0 Å². The van der Waals surface area contributed by atoms with Crippen molar-refractivity contribution >= 4 is 11.8 Å². The first-order valence-corrected chi connectivity index (χ1v) is 14.4. The summed E-state index contributed by atoms with van der Waals surface area (Å²) in [4.78, 5) is 24.8. The molecule has 4 nitrogen and oxygen atoms in total. The molecule has 0 spiro atoms. The summed E-state index contributed by atoms with van der Waals surface area (Å²) in [6.45, 7) is 6.89. The van der Waals surface area contributed by atoms with Gasteiger partial charge in [0.05, 0.1) is 6.10 Å². The largest absolute Gasteiger partial charge is 0.462 e. The molecule has 3 saturated carbocycles. The second-order valence-corrected chi connectivity index (χ2v) is 12.4. The van der Waals surface area contributed by atoms with Crippen molar-refractivity contribution in [3.63, 3.8) is 0 Å². The van der Waals surface area contributed by atoms with Gasteiger partial charge in [-0.3, -0.25) is 9.59 Å². The molecule has 0 saturated heterocycles. The first kappa shape index (κ1) is 25.9.